The lowest BCUT2D eigenvalue weighted by Gasteiger charge is -2.09. The van der Waals surface area contributed by atoms with Gasteiger partial charge in [-0.15, -0.1) is 0 Å². The molecule has 1 aromatic heterocycles. The summed E-state index contributed by atoms with van der Waals surface area (Å²) in [5.41, 5.74) is 0.917. The van der Waals surface area contributed by atoms with Crippen molar-refractivity contribution in [3.05, 3.63) is 37.2 Å². The molecule has 1 N–H and O–H groups in total. The summed E-state index contributed by atoms with van der Waals surface area (Å²) in [5.74, 6) is 1.80. The maximum atomic E-state index is 5.57. The van der Waals surface area contributed by atoms with E-state index < -0.39 is 0 Å². The minimum Gasteiger partial charge on any atom is -0.492 e. The maximum Gasteiger partial charge on any atom is 0.216 e. The number of aromatic nitrogens is 3. The zero-order valence-corrected chi connectivity index (χ0v) is 16.4. The van der Waals surface area contributed by atoms with Crippen LogP contribution in [0.2, 0.25) is 0 Å². The number of nitrogens with one attached hydrogen (secondary N) is 1. The van der Waals surface area contributed by atoms with E-state index >= 15 is 0 Å². The summed E-state index contributed by atoms with van der Waals surface area (Å²) in [6.07, 6.45) is 1.74. The number of benzene rings is 1. The van der Waals surface area contributed by atoms with Crippen LogP contribution in [-0.4, -0.2) is 27.7 Å². The Balaban J connectivity index is 2.35. The highest BCUT2D eigenvalue weighted by atomic mass is 79.9. The number of aromatic amines is 1. The van der Waals surface area contributed by atoms with Crippen LogP contribution in [0.15, 0.2) is 26.2 Å². The van der Waals surface area contributed by atoms with E-state index in [1.54, 1.807) is 10.9 Å². The molecule has 0 unspecified atom stereocenters. The molecule has 1 aromatic carbocycles. The number of rotatable bonds is 5. The zero-order chi connectivity index (χ0) is 16.3. The van der Waals surface area contributed by atoms with Crippen molar-refractivity contribution in [3.8, 4) is 5.75 Å². The second-order valence-corrected chi connectivity index (χ2v) is 6.94. The van der Waals surface area contributed by atoms with Gasteiger partial charge in [0, 0.05) is 5.92 Å². The van der Waals surface area contributed by atoms with Crippen molar-refractivity contribution < 1.29 is 4.74 Å². The average Bonchev–Trinajstić information content (AvgIpc) is 2.82. The van der Waals surface area contributed by atoms with Crippen molar-refractivity contribution in [1.29, 1.82) is 0 Å². The quantitative estimate of drug-likeness (QED) is 0.525. The lowest BCUT2D eigenvalue weighted by atomic mass is 10.2. The van der Waals surface area contributed by atoms with Gasteiger partial charge in [0.25, 0.3) is 0 Å². The predicted octanol–water partition coefficient (Wildman–Crippen LogP) is 4.87. The van der Waals surface area contributed by atoms with Crippen molar-refractivity contribution in [2.45, 2.75) is 26.7 Å². The third kappa shape index (κ3) is 3.85. The smallest absolute Gasteiger partial charge is 0.216 e. The number of H-pyrrole nitrogens is 1. The fraction of sp³-hybridized carbons (Fsp3) is 0.357. The van der Waals surface area contributed by atoms with Gasteiger partial charge in [0.15, 0.2) is 5.82 Å². The normalized spacial score (nSPS) is 11.5. The largest absolute Gasteiger partial charge is 0.492 e. The summed E-state index contributed by atoms with van der Waals surface area (Å²) in [7, 11) is 0. The molecule has 5 nitrogen and oxygen atoms in total. The Kier molecular flexibility index (Phi) is 5.94. The van der Waals surface area contributed by atoms with Gasteiger partial charge in [-0.2, -0.15) is 14.9 Å². The summed E-state index contributed by atoms with van der Waals surface area (Å²) in [6, 6.07) is 3.88. The molecule has 0 aliphatic rings. The molecule has 0 aliphatic carbocycles. The minimum atomic E-state index is 0.226. The van der Waals surface area contributed by atoms with Crippen molar-refractivity contribution >= 4 is 50.3 Å². The molecule has 8 heteroatoms. The SMILES string of the molecule is CCOc1c(Br)cc(/C=N\n2c(C(C)C)n[nH]c2=S)cc1Br. The van der Waals surface area contributed by atoms with Crippen LogP contribution in [0.4, 0.5) is 0 Å². The Morgan fingerprint density at radius 2 is 2.05 bits per heavy atom. The van der Waals surface area contributed by atoms with Crippen LogP contribution in [-0.2, 0) is 0 Å². The van der Waals surface area contributed by atoms with Crippen LogP contribution in [0.3, 0.4) is 0 Å². The average molecular weight is 448 g/mol. The molecule has 1 heterocycles. The highest BCUT2D eigenvalue weighted by Gasteiger charge is 2.10. The van der Waals surface area contributed by atoms with Gasteiger partial charge >= 0.3 is 0 Å². The van der Waals surface area contributed by atoms with Crippen LogP contribution in [0.5, 0.6) is 5.75 Å². The Hall–Kier alpha value is -0.990. The standard InChI is InChI=1S/C14H16Br2N4OS/c1-4-21-12-10(15)5-9(6-11(12)16)7-17-20-13(8(2)3)18-19-14(20)22/h5-8H,4H2,1-3H3,(H,19,22)/b17-7-. The third-order valence-electron chi connectivity index (χ3n) is 2.82. The Morgan fingerprint density at radius 3 is 2.59 bits per heavy atom. The summed E-state index contributed by atoms with van der Waals surface area (Å²) in [6.45, 7) is 6.64. The van der Waals surface area contributed by atoms with E-state index in [9.17, 15) is 0 Å². The van der Waals surface area contributed by atoms with E-state index in [-0.39, 0.29) is 5.92 Å². The first-order valence-corrected chi connectivity index (χ1v) is 8.77. The van der Waals surface area contributed by atoms with Gasteiger partial charge in [-0.25, -0.2) is 0 Å². The highest BCUT2D eigenvalue weighted by Crippen LogP contribution is 2.34. The van der Waals surface area contributed by atoms with Crippen LogP contribution in [0, 0.1) is 4.77 Å². The number of nitrogens with zero attached hydrogens (tertiary/aromatic N) is 3. The topological polar surface area (TPSA) is 55.2 Å². The van der Waals surface area contributed by atoms with Gasteiger partial charge in [0.1, 0.15) is 5.75 Å². The first-order chi connectivity index (χ1) is 10.4. The monoisotopic (exact) mass is 446 g/mol. The van der Waals surface area contributed by atoms with E-state index in [1.165, 1.54) is 0 Å². The molecule has 0 spiro atoms. The van der Waals surface area contributed by atoms with Crippen LogP contribution < -0.4 is 4.74 Å². The third-order valence-corrected chi connectivity index (χ3v) is 4.27. The fourth-order valence-corrected chi connectivity index (χ4v) is 3.49. The van der Waals surface area contributed by atoms with Gasteiger partial charge in [0.2, 0.25) is 4.77 Å². The second kappa shape index (κ2) is 7.52. The number of hydrogen-bond donors (Lipinski definition) is 1. The Morgan fingerprint density at radius 1 is 1.41 bits per heavy atom. The van der Waals surface area contributed by atoms with Gasteiger partial charge in [-0.05, 0) is 68.7 Å². The van der Waals surface area contributed by atoms with Crippen LogP contribution in [0.1, 0.15) is 38.1 Å². The number of ether oxygens (including phenoxy) is 1. The van der Waals surface area contributed by atoms with E-state index in [1.807, 2.05) is 32.9 Å². The van der Waals surface area contributed by atoms with Gasteiger partial charge in [-0.3, -0.25) is 5.10 Å². The molecular formula is C14H16Br2N4OS. The number of halogens is 2. The second-order valence-electron chi connectivity index (χ2n) is 4.84. The fourth-order valence-electron chi connectivity index (χ4n) is 1.85. The van der Waals surface area contributed by atoms with Crippen molar-refractivity contribution in [1.82, 2.24) is 14.9 Å². The molecule has 0 aliphatic heterocycles. The molecule has 118 valence electrons. The summed E-state index contributed by atoms with van der Waals surface area (Å²) < 4.78 is 9.41. The molecule has 0 radical (unpaired) electrons. The molecule has 0 atom stereocenters. The number of hydrogen-bond acceptors (Lipinski definition) is 4. The van der Waals surface area contributed by atoms with Crippen LogP contribution in [0.25, 0.3) is 0 Å². The van der Waals surface area contributed by atoms with E-state index in [0.717, 1.165) is 26.1 Å². The van der Waals surface area contributed by atoms with Crippen molar-refractivity contribution in [3.63, 3.8) is 0 Å². The van der Waals surface area contributed by atoms with Crippen molar-refractivity contribution in [2.75, 3.05) is 6.61 Å². The minimum absolute atomic E-state index is 0.226. The molecule has 0 amide bonds. The molecule has 2 rings (SSSR count). The van der Waals surface area contributed by atoms with E-state index in [4.69, 9.17) is 17.0 Å². The first kappa shape index (κ1) is 17.4. The van der Waals surface area contributed by atoms with Gasteiger partial charge in [-0.1, -0.05) is 13.8 Å². The van der Waals surface area contributed by atoms with Crippen molar-refractivity contribution in [2.24, 2.45) is 5.10 Å². The summed E-state index contributed by atoms with van der Waals surface area (Å²) >= 11 is 12.2. The summed E-state index contributed by atoms with van der Waals surface area (Å²) in [4.78, 5) is 0. The van der Waals surface area contributed by atoms with Gasteiger partial charge < -0.3 is 4.74 Å². The lowest BCUT2D eigenvalue weighted by Crippen LogP contribution is -2.01. The highest BCUT2D eigenvalue weighted by molar-refractivity contribution is 9.11. The van der Waals surface area contributed by atoms with Crippen LogP contribution >= 0.6 is 44.1 Å². The first-order valence-electron chi connectivity index (χ1n) is 6.77. The molecule has 0 bridgehead atoms. The summed E-state index contributed by atoms with van der Waals surface area (Å²) in [5, 5.41) is 11.4. The Labute approximate surface area is 151 Å². The molecular weight excluding hydrogens is 432 g/mol. The maximum absolute atomic E-state index is 5.57. The predicted molar refractivity (Wildman–Crippen MR) is 97.5 cm³/mol. The molecule has 22 heavy (non-hydrogen) atoms. The van der Waals surface area contributed by atoms with E-state index in [2.05, 4.69) is 47.2 Å². The van der Waals surface area contributed by atoms with E-state index in [0.29, 0.717) is 11.4 Å². The zero-order valence-electron chi connectivity index (χ0n) is 12.4. The lowest BCUT2D eigenvalue weighted by molar-refractivity contribution is 0.336. The molecule has 2 aromatic rings. The van der Waals surface area contributed by atoms with Gasteiger partial charge in [0.05, 0.1) is 21.8 Å². The Bertz CT molecular complexity index is 729. The molecule has 0 fully saturated rings. The molecule has 0 saturated heterocycles. The molecule has 0 saturated carbocycles.